The van der Waals surface area contributed by atoms with Gasteiger partial charge in [0.1, 0.15) is 0 Å². The van der Waals surface area contributed by atoms with Gasteiger partial charge in [0.15, 0.2) is 5.17 Å². The number of thioether (sulfide) groups is 1. The lowest BCUT2D eigenvalue weighted by Crippen LogP contribution is -2.17. The number of hydrogen-bond acceptors (Lipinski definition) is 4. The third kappa shape index (κ3) is 5.89. The highest BCUT2D eigenvalue weighted by Gasteiger charge is 2.09. The molecule has 1 aromatic heterocycles. The van der Waals surface area contributed by atoms with Gasteiger partial charge in [-0.2, -0.15) is 0 Å². The van der Waals surface area contributed by atoms with E-state index in [0.29, 0.717) is 5.17 Å². The van der Waals surface area contributed by atoms with E-state index in [1.165, 1.54) is 5.56 Å². The summed E-state index contributed by atoms with van der Waals surface area (Å²) in [5.41, 5.74) is 8.16. The molecule has 2 N–H and O–H groups in total. The van der Waals surface area contributed by atoms with E-state index in [2.05, 4.69) is 39.6 Å². The first-order valence-corrected chi connectivity index (χ1v) is 8.74. The van der Waals surface area contributed by atoms with E-state index in [0.717, 1.165) is 22.9 Å². The van der Waals surface area contributed by atoms with E-state index in [1.807, 2.05) is 26.8 Å². The average molecular weight is 319 g/mol. The largest absolute Gasteiger partial charge is 0.379 e. The molecule has 2 rings (SSSR count). The van der Waals surface area contributed by atoms with Crippen LogP contribution in [0.1, 0.15) is 37.0 Å². The molecule has 0 aliphatic carbocycles. The maximum absolute atomic E-state index is 5.93. The summed E-state index contributed by atoms with van der Waals surface area (Å²) in [4.78, 5) is 9.09. The normalized spacial score (nSPS) is 12.6. The number of aromatic nitrogens is 1. The van der Waals surface area contributed by atoms with Crippen molar-refractivity contribution in [1.82, 2.24) is 4.98 Å². The van der Waals surface area contributed by atoms with Gasteiger partial charge in [0.25, 0.3) is 0 Å². The second kappa shape index (κ2) is 7.09. The van der Waals surface area contributed by atoms with Crippen LogP contribution in [0.2, 0.25) is 0 Å². The molecule has 5 heteroatoms. The molecule has 1 heterocycles. The highest BCUT2D eigenvalue weighted by atomic mass is 32.2. The second-order valence-electron chi connectivity index (χ2n) is 5.80. The van der Waals surface area contributed by atoms with Crippen LogP contribution in [0, 0.1) is 0 Å². The number of rotatable bonds is 4. The molecule has 0 aliphatic heterocycles. The Morgan fingerprint density at radius 2 is 2.00 bits per heavy atom. The molecule has 0 radical (unpaired) electrons. The summed E-state index contributed by atoms with van der Waals surface area (Å²) in [6, 6.07) is 10.4. The van der Waals surface area contributed by atoms with Gasteiger partial charge >= 0.3 is 0 Å². The summed E-state index contributed by atoms with van der Waals surface area (Å²) in [6.07, 6.45) is 0.891. The Bertz CT molecular complexity index is 597. The fraction of sp³-hybridized carbons (Fsp3) is 0.375. The Hall–Kier alpha value is -1.33. The van der Waals surface area contributed by atoms with Crippen molar-refractivity contribution in [1.29, 1.82) is 0 Å². The van der Waals surface area contributed by atoms with Crippen LogP contribution in [-0.2, 0) is 12.2 Å². The molecule has 0 saturated heterocycles. The molecule has 1 aromatic carbocycles. The summed E-state index contributed by atoms with van der Waals surface area (Å²) in [7, 11) is 0. The minimum Gasteiger partial charge on any atom is -0.379 e. The van der Waals surface area contributed by atoms with Crippen LogP contribution in [0.25, 0.3) is 0 Å². The lowest BCUT2D eigenvalue weighted by molar-refractivity contribution is 0.585. The summed E-state index contributed by atoms with van der Waals surface area (Å²) >= 11 is 3.25. The zero-order valence-electron chi connectivity index (χ0n) is 12.7. The van der Waals surface area contributed by atoms with Gasteiger partial charge in [-0.1, -0.05) is 42.1 Å². The zero-order chi connectivity index (χ0) is 15.3. The van der Waals surface area contributed by atoms with Crippen LogP contribution in [0.3, 0.4) is 0 Å². The number of amidine groups is 1. The van der Waals surface area contributed by atoms with Crippen LogP contribution in [0.15, 0.2) is 40.7 Å². The molecular formula is C16H21N3S2. The predicted molar refractivity (Wildman–Crippen MR) is 94.0 cm³/mol. The van der Waals surface area contributed by atoms with Crippen molar-refractivity contribution in [3.63, 3.8) is 0 Å². The van der Waals surface area contributed by atoms with Crippen LogP contribution < -0.4 is 5.73 Å². The smallest absolute Gasteiger partial charge is 0.154 e. The number of hydrogen-bond donors (Lipinski definition) is 1. The second-order valence-corrected chi connectivity index (χ2v) is 7.74. The van der Waals surface area contributed by atoms with Crippen molar-refractivity contribution >= 4 is 28.3 Å². The fourth-order valence-electron chi connectivity index (χ4n) is 1.78. The minimum absolute atomic E-state index is 0.127. The standard InChI is InChI=1S/C16H21N3S2/c1-16(2,3)19-15(17)21-11-13-10-20-14(18-13)9-12-7-5-4-6-8-12/h4-8,10H,9,11H2,1-3H3,(H2,17,19). The Morgan fingerprint density at radius 1 is 1.29 bits per heavy atom. The van der Waals surface area contributed by atoms with Crippen molar-refractivity contribution < 1.29 is 0 Å². The molecule has 0 fully saturated rings. The summed E-state index contributed by atoms with van der Waals surface area (Å²) in [6.45, 7) is 6.13. The van der Waals surface area contributed by atoms with E-state index < -0.39 is 0 Å². The number of nitrogens with zero attached hydrogens (tertiary/aromatic N) is 2. The lowest BCUT2D eigenvalue weighted by Gasteiger charge is -2.12. The van der Waals surface area contributed by atoms with Gasteiger partial charge in [-0.15, -0.1) is 11.3 Å². The third-order valence-corrected chi connectivity index (χ3v) is 4.34. The zero-order valence-corrected chi connectivity index (χ0v) is 14.3. The van der Waals surface area contributed by atoms with Crippen LogP contribution in [0.4, 0.5) is 0 Å². The van der Waals surface area contributed by atoms with Crippen LogP contribution in [0.5, 0.6) is 0 Å². The van der Waals surface area contributed by atoms with Gasteiger partial charge < -0.3 is 5.73 Å². The summed E-state index contributed by atoms with van der Waals surface area (Å²) in [5, 5.41) is 3.87. The Balaban J connectivity index is 1.90. The maximum atomic E-state index is 5.93. The van der Waals surface area contributed by atoms with Gasteiger partial charge in [-0.3, -0.25) is 4.99 Å². The van der Waals surface area contributed by atoms with Crippen molar-refractivity contribution in [2.45, 2.75) is 38.5 Å². The summed E-state index contributed by atoms with van der Waals surface area (Å²) < 4.78 is 0. The third-order valence-electron chi connectivity index (χ3n) is 2.61. The topological polar surface area (TPSA) is 51.3 Å². The lowest BCUT2D eigenvalue weighted by atomic mass is 10.1. The minimum atomic E-state index is -0.127. The van der Waals surface area contributed by atoms with E-state index in [9.17, 15) is 0 Å². The fourth-order valence-corrected chi connectivity index (χ4v) is 3.49. The van der Waals surface area contributed by atoms with Crippen molar-refractivity contribution in [2.24, 2.45) is 10.7 Å². The molecule has 0 atom stereocenters. The molecule has 0 amide bonds. The molecule has 0 spiro atoms. The molecule has 0 unspecified atom stereocenters. The highest BCUT2D eigenvalue weighted by Crippen LogP contribution is 2.19. The molecular weight excluding hydrogens is 298 g/mol. The van der Waals surface area contributed by atoms with Gasteiger partial charge in [-0.25, -0.2) is 4.98 Å². The molecule has 0 bridgehead atoms. The Morgan fingerprint density at radius 3 is 2.67 bits per heavy atom. The average Bonchev–Trinajstić information content (AvgIpc) is 2.83. The first-order valence-electron chi connectivity index (χ1n) is 6.88. The quantitative estimate of drug-likeness (QED) is 0.682. The van der Waals surface area contributed by atoms with E-state index in [4.69, 9.17) is 5.73 Å². The highest BCUT2D eigenvalue weighted by molar-refractivity contribution is 8.13. The van der Waals surface area contributed by atoms with Crippen LogP contribution in [-0.4, -0.2) is 15.7 Å². The van der Waals surface area contributed by atoms with E-state index in [1.54, 1.807) is 23.1 Å². The van der Waals surface area contributed by atoms with Crippen LogP contribution >= 0.6 is 23.1 Å². The van der Waals surface area contributed by atoms with Gasteiger partial charge in [0, 0.05) is 17.6 Å². The van der Waals surface area contributed by atoms with Gasteiger partial charge in [0.05, 0.1) is 16.2 Å². The molecule has 0 aliphatic rings. The maximum Gasteiger partial charge on any atom is 0.154 e. The Kier molecular flexibility index (Phi) is 5.42. The van der Waals surface area contributed by atoms with Crippen molar-refractivity contribution in [3.05, 3.63) is 52.0 Å². The molecule has 2 aromatic rings. The first kappa shape index (κ1) is 16.0. The number of aliphatic imine (C=N–C) groups is 1. The number of nitrogens with two attached hydrogens (primary N) is 1. The Labute approximate surface area is 134 Å². The predicted octanol–water partition coefficient (Wildman–Crippen LogP) is 4.08. The molecule has 0 saturated carbocycles. The molecule has 3 nitrogen and oxygen atoms in total. The first-order chi connectivity index (χ1) is 9.92. The van der Waals surface area contributed by atoms with E-state index in [-0.39, 0.29) is 5.54 Å². The SMILES string of the molecule is CC(C)(C)N=C(N)SCc1csc(Cc2ccccc2)n1. The van der Waals surface area contributed by atoms with Crippen molar-refractivity contribution in [2.75, 3.05) is 0 Å². The van der Waals surface area contributed by atoms with Gasteiger partial charge in [0.2, 0.25) is 0 Å². The number of thiazole rings is 1. The van der Waals surface area contributed by atoms with Crippen molar-refractivity contribution in [3.8, 4) is 0 Å². The molecule has 112 valence electrons. The van der Waals surface area contributed by atoms with Gasteiger partial charge in [-0.05, 0) is 26.3 Å². The number of benzene rings is 1. The van der Waals surface area contributed by atoms with E-state index >= 15 is 0 Å². The monoisotopic (exact) mass is 319 g/mol. The summed E-state index contributed by atoms with van der Waals surface area (Å²) in [5.74, 6) is 0.775. The molecule has 21 heavy (non-hydrogen) atoms.